The van der Waals surface area contributed by atoms with Crippen LogP contribution in [0.2, 0.25) is 0 Å². The molecule has 3 atom stereocenters. The van der Waals surface area contributed by atoms with Gasteiger partial charge in [-0.1, -0.05) is 24.3 Å². The number of anilines is 1. The Labute approximate surface area is 241 Å². The molecule has 0 amide bonds. The van der Waals surface area contributed by atoms with Crippen molar-refractivity contribution in [1.82, 2.24) is 0 Å². The van der Waals surface area contributed by atoms with Gasteiger partial charge in [0.15, 0.2) is 5.78 Å². The van der Waals surface area contributed by atoms with Crippen molar-refractivity contribution in [2.24, 2.45) is 11.7 Å². The fourth-order valence-corrected chi connectivity index (χ4v) is 5.77. The zero-order chi connectivity index (χ0) is 30.1. The van der Waals surface area contributed by atoms with E-state index in [0.29, 0.717) is 28.3 Å². The molecule has 0 fully saturated rings. The molecular formula is C32H28F2N2O6. The maximum absolute atomic E-state index is 14.6. The molecule has 2 aliphatic rings. The van der Waals surface area contributed by atoms with Crippen LogP contribution in [0.1, 0.15) is 29.4 Å². The van der Waals surface area contributed by atoms with Gasteiger partial charge in [0.25, 0.3) is 0 Å². The largest absolute Gasteiger partial charge is 0.497 e. The molecule has 0 saturated carbocycles. The second kappa shape index (κ2) is 11.5. The van der Waals surface area contributed by atoms with E-state index in [0.717, 1.165) is 0 Å². The molecule has 3 aromatic rings. The summed E-state index contributed by atoms with van der Waals surface area (Å²) < 4.78 is 43.4. The number of carbonyl (C=O) groups excluding carboxylic acids is 3. The van der Waals surface area contributed by atoms with Gasteiger partial charge in [0, 0.05) is 22.9 Å². The lowest BCUT2D eigenvalue weighted by molar-refractivity contribution is -0.150. The Balaban J connectivity index is 1.80. The zero-order valence-electron chi connectivity index (χ0n) is 23.1. The monoisotopic (exact) mass is 574 g/mol. The molecule has 0 spiro atoms. The summed E-state index contributed by atoms with van der Waals surface area (Å²) >= 11 is 0. The third kappa shape index (κ3) is 4.89. The third-order valence-corrected chi connectivity index (χ3v) is 7.73. The number of benzene rings is 3. The molecule has 10 heteroatoms. The van der Waals surface area contributed by atoms with Crippen molar-refractivity contribution in [3.05, 3.63) is 118 Å². The Bertz CT molecular complexity index is 1600. The van der Waals surface area contributed by atoms with Gasteiger partial charge in [0.2, 0.25) is 0 Å². The van der Waals surface area contributed by atoms with Gasteiger partial charge in [0.05, 0.1) is 32.8 Å². The summed E-state index contributed by atoms with van der Waals surface area (Å²) in [4.78, 5) is 42.6. The number of esters is 2. The molecule has 1 aliphatic carbocycles. The van der Waals surface area contributed by atoms with E-state index in [1.165, 1.54) is 74.8 Å². The van der Waals surface area contributed by atoms with Gasteiger partial charge in [-0.05, 0) is 66.1 Å². The van der Waals surface area contributed by atoms with Crippen molar-refractivity contribution < 1.29 is 37.4 Å². The van der Waals surface area contributed by atoms with Crippen LogP contribution in [0, 0.1) is 17.6 Å². The molecule has 0 aromatic heterocycles. The molecule has 3 aromatic carbocycles. The Morgan fingerprint density at radius 1 is 0.833 bits per heavy atom. The van der Waals surface area contributed by atoms with E-state index >= 15 is 0 Å². The number of hydrogen-bond acceptors (Lipinski definition) is 8. The van der Waals surface area contributed by atoms with Crippen molar-refractivity contribution in [2.45, 2.75) is 18.3 Å². The predicted octanol–water partition coefficient (Wildman–Crippen LogP) is 4.72. The Kier molecular flexibility index (Phi) is 7.80. The Morgan fingerprint density at radius 2 is 1.40 bits per heavy atom. The first kappa shape index (κ1) is 28.5. The minimum absolute atomic E-state index is 0.0423. The standard InChI is InChI=1S/C32H28F2N2O6/c1-40-22-14-6-17(7-15-22)23-16-24-27(29(37)26(23)31(38)41-2)25(18-4-8-19(33)9-5-18)28(32(39)42-3)30(35)36(24)21-12-10-20(34)11-13-21/h4-15,23,25-26H,16,35H2,1-3H3/t23-,25-,26+/m0/s1. The van der Waals surface area contributed by atoms with Crippen molar-refractivity contribution >= 4 is 23.4 Å². The first-order valence-electron chi connectivity index (χ1n) is 13.1. The SMILES string of the molecule is COC(=O)C1=C(N)N(c2ccc(F)cc2)C2=C(C(=O)[C@H](C(=O)OC)[C@H](c3ccc(OC)cc3)C2)[C@@H]1c1ccc(F)cc1. The maximum atomic E-state index is 14.6. The lowest BCUT2D eigenvalue weighted by Crippen LogP contribution is -2.46. The van der Waals surface area contributed by atoms with Crippen molar-refractivity contribution in [2.75, 3.05) is 26.2 Å². The van der Waals surface area contributed by atoms with Crippen LogP contribution in [-0.4, -0.2) is 39.1 Å². The minimum Gasteiger partial charge on any atom is -0.497 e. The molecular weight excluding hydrogens is 546 g/mol. The summed E-state index contributed by atoms with van der Waals surface area (Å²) in [7, 11) is 3.90. The van der Waals surface area contributed by atoms with Crippen LogP contribution in [0.5, 0.6) is 5.75 Å². The number of carbonyl (C=O) groups is 3. The molecule has 1 heterocycles. The number of ether oxygens (including phenoxy) is 3. The smallest absolute Gasteiger partial charge is 0.338 e. The fourth-order valence-electron chi connectivity index (χ4n) is 5.77. The lowest BCUT2D eigenvalue weighted by atomic mass is 9.67. The van der Waals surface area contributed by atoms with E-state index in [4.69, 9.17) is 19.9 Å². The number of hydrogen-bond donors (Lipinski definition) is 1. The number of nitrogens with two attached hydrogens (primary N) is 1. The molecule has 8 nitrogen and oxygen atoms in total. The first-order chi connectivity index (χ1) is 20.2. The van der Waals surface area contributed by atoms with Crippen molar-refractivity contribution in [1.29, 1.82) is 0 Å². The highest BCUT2D eigenvalue weighted by atomic mass is 19.1. The van der Waals surface area contributed by atoms with Crippen molar-refractivity contribution in [3.63, 3.8) is 0 Å². The molecule has 0 radical (unpaired) electrons. The third-order valence-electron chi connectivity index (χ3n) is 7.73. The lowest BCUT2D eigenvalue weighted by Gasteiger charge is -2.44. The van der Waals surface area contributed by atoms with Crippen LogP contribution >= 0.6 is 0 Å². The number of Topliss-reactive ketones (excluding diaryl/α,β-unsaturated/α-hetero) is 1. The molecule has 42 heavy (non-hydrogen) atoms. The molecule has 0 unspecified atom stereocenters. The number of allylic oxidation sites excluding steroid dienone is 2. The first-order valence-corrected chi connectivity index (χ1v) is 13.1. The van der Waals surface area contributed by atoms with E-state index in [-0.39, 0.29) is 23.4 Å². The average Bonchev–Trinajstić information content (AvgIpc) is 3.01. The van der Waals surface area contributed by atoms with Gasteiger partial charge < -0.3 is 19.9 Å². The number of ketones is 1. The quantitative estimate of drug-likeness (QED) is 0.333. The van der Waals surface area contributed by atoms with Crippen LogP contribution in [-0.2, 0) is 23.9 Å². The van der Waals surface area contributed by atoms with Crippen LogP contribution in [0.3, 0.4) is 0 Å². The minimum atomic E-state index is -1.27. The van der Waals surface area contributed by atoms with E-state index in [9.17, 15) is 23.2 Å². The van der Waals surface area contributed by atoms with Gasteiger partial charge in [-0.15, -0.1) is 0 Å². The number of rotatable bonds is 6. The van der Waals surface area contributed by atoms with E-state index in [1.807, 2.05) is 0 Å². The molecule has 1 aliphatic heterocycles. The number of halogens is 2. The van der Waals surface area contributed by atoms with Gasteiger partial charge >= 0.3 is 11.9 Å². The molecule has 216 valence electrons. The molecule has 0 saturated heterocycles. The topological polar surface area (TPSA) is 108 Å². The van der Waals surface area contributed by atoms with Crippen LogP contribution < -0.4 is 15.4 Å². The van der Waals surface area contributed by atoms with Crippen LogP contribution in [0.25, 0.3) is 0 Å². The average molecular weight is 575 g/mol. The van der Waals surface area contributed by atoms with Crippen LogP contribution in [0.15, 0.2) is 95.5 Å². The maximum Gasteiger partial charge on any atom is 0.338 e. The van der Waals surface area contributed by atoms with Gasteiger partial charge in [-0.25, -0.2) is 13.6 Å². The summed E-state index contributed by atoms with van der Waals surface area (Å²) in [6, 6.07) is 17.7. The predicted molar refractivity (Wildman–Crippen MR) is 149 cm³/mol. The Morgan fingerprint density at radius 3 is 1.95 bits per heavy atom. The van der Waals surface area contributed by atoms with Crippen molar-refractivity contribution in [3.8, 4) is 5.75 Å². The zero-order valence-corrected chi connectivity index (χ0v) is 23.1. The number of methoxy groups -OCH3 is 3. The van der Waals surface area contributed by atoms with Gasteiger partial charge in [0.1, 0.15) is 29.1 Å². The highest BCUT2D eigenvalue weighted by Crippen LogP contribution is 2.51. The Hall–Kier alpha value is -4.99. The fraction of sp³-hybridized carbons (Fsp3) is 0.219. The highest BCUT2D eigenvalue weighted by molar-refractivity contribution is 6.14. The van der Waals surface area contributed by atoms with E-state index < -0.39 is 47.1 Å². The summed E-state index contributed by atoms with van der Waals surface area (Å²) in [6.45, 7) is 0. The highest BCUT2D eigenvalue weighted by Gasteiger charge is 2.51. The van der Waals surface area contributed by atoms with E-state index in [2.05, 4.69) is 0 Å². The van der Waals surface area contributed by atoms with Crippen LogP contribution in [0.4, 0.5) is 14.5 Å². The second-order valence-corrected chi connectivity index (χ2v) is 9.90. The van der Waals surface area contributed by atoms with E-state index in [1.54, 1.807) is 24.3 Å². The van der Waals surface area contributed by atoms with Gasteiger partial charge in [-0.2, -0.15) is 0 Å². The summed E-state index contributed by atoms with van der Waals surface area (Å²) in [6.07, 6.45) is 0.122. The summed E-state index contributed by atoms with van der Waals surface area (Å²) in [5.74, 6) is -5.65. The summed E-state index contributed by atoms with van der Waals surface area (Å²) in [5.41, 5.74) is 8.60. The number of nitrogens with zero attached hydrogens (tertiary/aromatic N) is 1. The van der Waals surface area contributed by atoms with Gasteiger partial charge in [-0.3, -0.25) is 14.5 Å². The molecule has 0 bridgehead atoms. The second-order valence-electron chi connectivity index (χ2n) is 9.90. The molecule has 5 rings (SSSR count). The molecule has 2 N–H and O–H groups in total. The normalized spacial score (nSPS) is 20.3. The summed E-state index contributed by atoms with van der Waals surface area (Å²) in [5, 5.41) is 0.